The van der Waals surface area contributed by atoms with Gasteiger partial charge in [-0.3, -0.25) is 14.8 Å². The van der Waals surface area contributed by atoms with Gasteiger partial charge >= 0.3 is 0 Å². The molecule has 32 heavy (non-hydrogen) atoms. The molecule has 7 nitrogen and oxygen atoms in total. The van der Waals surface area contributed by atoms with Crippen LogP contribution in [0.5, 0.6) is 5.75 Å². The Kier molecular flexibility index (Phi) is 5.81. The first-order valence-electron chi connectivity index (χ1n) is 9.41. The third kappa shape index (κ3) is 4.27. The van der Waals surface area contributed by atoms with E-state index in [0.29, 0.717) is 22.0 Å². The average Bonchev–Trinajstić information content (AvgIpc) is 3.17. The van der Waals surface area contributed by atoms with Gasteiger partial charge in [0, 0.05) is 5.56 Å². The second-order valence-corrected chi connectivity index (χ2v) is 9.56. The molecule has 0 fully saturated rings. The molecule has 164 valence electrons. The number of sulfonamides is 1. The molecular formula is C22H18FN3O4S2. The van der Waals surface area contributed by atoms with Gasteiger partial charge in [0.05, 0.1) is 22.4 Å². The minimum Gasteiger partial charge on any atom is -0.494 e. The molecule has 0 saturated carbocycles. The number of nitrogens with zero attached hydrogens (tertiary/aromatic N) is 1. The van der Waals surface area contributed by atoms with Crippen molar-refractivity contribution in [1.29, 1.82) is 0 Å². The fourth-order valence-electron chi connectivity index (χ4n) is 3.07. The maximum absolute atomic E-state index is 13.9. The topological polar surface area (TPSA) is 97.4 Å². The summed E-state index contributed by atoms with van der Waals surface area (Å²) in [4.78, 5) is 17.1. The largest absolute Gasteiger partial charge is 0.494 e. The molecule has 0 spiro atoms. The number of methoxy groups -OCH3 is 1. The molecule has 0 radical (unpaired) electrons. The van der Waals surface area contributed by atoms with Crippen LogP contribution in [0.4, 0.5) is 15.2 Å². The summed E-state index contributed by atoms with van der Waals surface area (Å²) in [5.41, 5.74) is 1.18. The van der Waals surface area contributed by atoms with Crippen LogP contribution in [0.2, 0.25) is 0 Å². The van der Waals surface area contributed by atoms with E-state index >= 15 is 0 Å². The predicted octanol–water partition coefficient (Wildman–Crippen LogP) is 4.81. The van der Waals surface area contributed by atoms with E-state index < -0.39 is 21.7 Å². The van der Waals surface area contributed by atoms with Gasteiger partial charge in [0.15, 0.2) is 5.13 Å². The number of thiazole rings is 1. The lowest BCUT2D eigenvalue weighted by molar-refractivity contribution is 0.102. The minimum atomic E-state index is -4.11. The van der Waals surface area contributed by atoms with E-state index in [-0.39, 0.29) is 16.1 Å². The van der Waals surface area contributed by atoms with Crippen LogP contribution < -0.4 is 14.8 Å². The lowest BCUT2D eigenvalue weighted by Crippen LogP contribution is -2.17. The Balaban J connectivity index is 1.62. The number of anilines is 2. The fraction of sp³-hybridized carbons (Fsp3) is 0.0909. The van der Waals surface area contributed by atoms with Gasteiger partial charge in [-0.15, -0.1) is 0 Å². The molecular weight excluding hydrogens is 453 g/mol. The summed E-state index contributed by atoms with van der Waals surface area (Å²) in [6, 6.07) is 15.0. The van der Waals surface area contributed by atoms with E-state index in [1.54, 1.807) is 13.0 Å². The molecule has 10 heteroatoms. The number of para-hydroxylation sites is 2. The first-order chi connectivity index (χ1) is 15.3. The molecule has 0 aliphatic rings. The number of carbonyl (C=O) groups is 1. The van der Waals surface area contributed by atoms with Crippen LogP contribution in [0.25, 0.3) is 10.2 Å². The quantitative estimate of drug-likeness (QED) is 0.421. The van der Waals surface area contributed by atoms with E-state index in [9.17, 15) is 17.6 Å². The lowest BCUT2D eigenvalue weighted by atomic mass is 10.1. The average molecular weight is 472 g/mol. The van der Waals surface area contributed by atoms with Gasteiger partial charge < -0.3 is 4.74 Å². The van der Waals surface area contributed by atoms with E-state index in [1.165, 1.54) is 54.8 Å². The van der Waals surface area contributed by atoms with E-state index in [1.807, 2.05) is 12.1 Å². The molecule has 1 aromatic heterocycles. The number of hydrogen-bond donors (Lipinski definition) is 2. The van der Waals surface area contributed by atoms with Gasteiger partial charge in [0.2, 0.25) is 0 Å². The molecule has 0 bridgehead atoms. The molecule has 3 aromatic carbocycles. The Morgan fingerprint density at radius 1 is 1.09 bits per heavy atom. The van der Waals surface area contributed by atoms with Crippen molar-refractivity contribution in [3.8, 4) is 5.75 Å². The van der Waals surface area contributed by atoms with Gasteiger partial charge in [0.25, 0.3) is 15.9 Å². The van der Waals surface area contributed by atoms with Crippen molar-refractivity contribution in [3.63, 3.8) is 0 Å². The van der Waals surface area contributed by atoms with Crippen molar-refractivity contribution >= 4 is 48.3 Å². The van der Waals surface area contributed by atoms with E-state index in [0.717, 1.165) is 10.8 Å². The van der Waals surface area contributed by atoms with Gasteiger partial charge in [-0.25, -0.2) is 17.8 Å². The summed E-state index contributed by atoms with van der Waals surface area (Å²) in [5, 5.41) is 3.07. The smallest absolute Gasteiger partial charge is 0.262 e. The molecule has 0 unspecified atom stereocenters. The number of fused-ring (bicyclic) bond motifs is 1. The van der Waals surface area contributed by atoms with Gasteiger partial charge in [-0.2, -0.15) is 0 Å². The molecule has 1 amide bonds. The zero-order chi connectivity index (χ0) is 22.9. The van der Waals surface area contributed by atoms with Crippen molar-refractivity contribution < 1.29 is 22.3 Å². The number of aromatic nitrogens is 1. The first-order valence-corrected chi connectivity index (χ1v) is 11.7. The second-order valence-electron chi connectivity index (χ2n) is 6.84. The van der Waals surface area contributed by atoms with Crippen LogP contribution in [-0.4, -0.2) is 26.4 Å². The lowest BCUT2D eigenvalue weighted by Gasteiger charge is -2.11. The van der Waals surface area contributed by atoms with Crippen LogP contribution in [0.1, 0.15) is 15.9 Å². The number of rotatable bonds is 6. The molecule has 1 heterocycles. The standard InChI is InChI=1S/C22H18FN3O4S2/c1-13-10-11-14(32(28,29)26-17-7-4-3-6-16(17)23)12-15(13)21(27)25-22-24-20-18(30-2)8-5-9-19(20)31-22/h3-12,26H,1-2H3,(H,24,25,27). The Hall–Kier alpha value is -3.50. The Bertz CT molecular complexity index is 1430. The maximum atomic E-state index is 13.9. The van der Waals surface area contributed by atoms with Crippen molar-refractivity contribution in [2.75, 3.05) is 17.1 Å². The van der Waals surface area contributed by atoms with Crippen molar-refractivity contribution in [2.45, 2.75) is 11.8 Å². The number of ether oxygens (including phenoxy) is 1. The summed E-state index contributed by atoms with van der Waals surface area (Å²) in [6.07, 6.45) is 0. The molecule has 4 aromatic rings. The number of amides is 1. The van der Waals surface area contributed by atoms with Crippen LogP contribution in [0.15, 0.2) is 65.6 Å². The maximum Gasteiger partial charge on any atom is 0.262 e. The number of carbonyl (C=O) groups excluding carboxylic acids is 1. The zero-order valence-corrected chi connectivity index (χ0v) is 18.7. The summed E-state index contributed by atoms with van der Waals surface area (Å²) < 4.78 is 47.7. The van der Waals surface area contributed by atoms with Crippen LogP contribution in [0.3, 0.4) is 0 Å². The van der Waals surface area contributed by atoms with Crippen LogP contribution in [0, 0.1) is 12.7 Å². The van der Waals surface area contributed by atoms with E-state index in [4.69, 9.17) is 4.74 Å². The molecule has 0 aliphatic carbocycles. The Labute approximate surface area is 187 Å². The monoisotopic (exact) mass is 471 g/mol. The highest BCUT2D eigenvalue weighted by Crippen LogP contribution is 2.32. The van der Waals surface area contributed by atoms with Crippen molar-refractivity contribution in [1.82, 2.24) is 4.98 Å². The Morgan fingerprint density at radius 2 is 1.88 bits per heavy atom. The molecule has 0 atom stereocenters. The fourth-order valence-corrected chi connectivity index (χ4v) is 5.04. The van der Waals surface area contributed by atoms with E-state index in [2.05, 4.69) is 15.0 Å². The summed E-state index contributed by atoms with van der Waals surface area (Å²) in [7, 11) is -2.57. The number of nitrogens with one attached hydrogen (secondary N) is 2. The highest BCUT2D eigenvalue weighted by Gasteiger charge is 2.20. The second kappa shape index (κ2) is 8.56. The van der Waals surface area contributed by atoms with Gasteiger partial charge in [-0.1, -0.05) is 35.6 Å². The summed E-state index contributed by atoms with van der Waals surface area (Å²) >= 11 is 1.27. The van der Waals surface area contributed by atoms with Crippen molar-refractivity contribution in [3.05, 3.63) is 77.6 Å². The van der Waals surface area contributed by atoms with Crippen molar-refractivity contribution in [2.24, 2.45) is 0 Å². The SMILES string of the molecule is COc1cccc2sc(NC(=O)c3cc(S(=O)(=O)Nc4ccccc4F)ccc3C)nc12. The normalized spacial score (nSPS) is 11.3. The molecule has 0 saturated heterocycles. The highest BCUT2D eigenvalue weighted by molar-refractivity contribution is 7.92. The molecule has 0 aliphatic heterocycles. The minimum absolute atomic E-state index is 0.160. The number of benzene rings is 3. The number of halogens is 1. The predicted molar refractivity (Wildman–Crippen MR) is 123 cm³/mol. The third-order valence-corrected chi connectivity index (χ3v) is 7.00. The number of aryl methyl sites for hydroxylation is 1. The first kappa shape index (κ1) is 21.7. The Morgan fingerprint density at radius 3 is 2.62 bits per heavy atom. The molecule has 2 N–H and O–H groups in total. The van der Waals surface area contributed by atoms with Crippen LogP contribution in [-0.2, 0) is 10.0 Å². The third-order valence-electron chi connectivity index (χ3n) is 4.70. The van der Waals surface area contributed by atoms with Gasteiger partial charge in [-0.05, 0) is 48.9 Å². The summed E-state index contributed by atoms with van der Waals surface area (Å²) in [5.74, 6) is -0.626. The summed E-state index contributed by atoms with van der Waals surface area (Å²) in [6.45, 7) is 1.69. The molecule has 4 rings (SSSR count). The highest BCUT2D eigenvalue weighted by atomic mass is 32.2. The van der Waals surface area contributed by atoms with Crippen LogP contribution >= 0.6 is 11.3 Å². The van der Waals surface area contributed by atoms with Gasteiger partial charge in [0.1, 0.15) is 17.1 Å². The zero-order valence-electron chi connectivity index (χ0n) is 17.0. The number of hydrogen-bond acceptors (Lipinski definition) is 6.